The zero-order chi connectivity index (χ0) is 16.8. The Hall–Kier alpha value is -2.04. The Morgan fingerprint density at radius 1 is 1.12 bits per heavy atom. The molecule has 134 valence electrons. The van der Waals surface area contributed by atoms with Gasteiger partial charge in [-0.1, -0.05) is 30.3 Å². The molecule has 1 unspecified atom stereocenters. The fourth-order valence-corrected chi connectivity index (χ4v) is 3.33. The molecule has 3 rings (SSSR count). The number of likely N-dealkylation sites (tertiary alicyclic amines) is 1. The molecule has 0 aromatic heterocycles. The third-order valence-corrected chi connectivity index (χ3v) is 4.51. The second-order valence-electron chi connectivity index (χ2n) is 6.35. The van der Waals surface area contributed by atoms with E-state index in [4.69, 9.17) is 0 Å². The number of amides is 1. The number of rotatable bonds is 5. The molecule has 5 heteroatoms. The zero-order valence-corrected chi connectivity index (χ0v) is 15.4. The molecule has 2 N–H and O–H groups in total. The van der Waals surface area contributed by atoms with Crippen LogP contribution >= 0.6 is 12.4 Å². The molecule has 1 atom stereocenters. The highest BCUT2D eigenvalue weighted by Crippen LogP contribution is 2.24. The van der Waals surface area contributed by atoms with Crippen LogP contribution < -0.4 is 10.6 Å². The van der Waals surface area contributed by atoms with Gasteiger partial charge >= 0.3 is 0 Å². The molecule has 1 amide bonds. The molecule has 4 nitrogen and oxygen atoms in total. The summed E-state index contributed by atoms with van der Waals surface area (Å²) in [4.78, 5) is 15.0. The van der Waals surface area contributed by atoms with Crippen molar-refractivity contribution in [1.82, 2.24) is 10.2 Å². The fraction of sp³-hybridized carbons (Fsp3) is 0.350. The van der Waals surface area contributed by atoms with Gasteiger partial charge in [-0.15, -0.1) is 12.4 Å². The van der Waals surface area contributed by atoms with Crippen LogP contribution in [0.4, 0.5) is 11.4 Å². The smallest absolute Gasteiger partial charge is 0.255 e. The summed E-state index contributed by atoms with van der Waals surface area (Å²) in [6.07, 6.45) is 2.26. The highest BCUT2D eigenvalue weighted by molar-refractivity contribution is 6.00. The number of nitrogens with one attached hydrogen (secondary N) is 2. The van der Waals surface area contributed by atoms with Gasteiger partial charge in [-0.25, -0.2) is 0 Å². The molecule has 0 radical (unpaired) electrons. The third-order valence-electron chi connectivity index (χ3n) is 4.51. The molecule has 2 aromatic rings. The van der Waals surface area contributed by atoms with E-state index in [1.165, 1.54) is 6.42 Å². The summed E-state index contributed by atoms with van der Waals surface area (Å²) in [5.41, 5.74) is 2.60. The lowest BCUT2D eigenvalue weighted by molar-refractivity contribution is 0.0675. The molecule has 0 bridgehead atoms. The van der Waals surface area contributed by atoms with E-state index in [-0.39, 0.29) is 18.3 Å². The predicted octanol–water partition coefficient (Wildman–Crippen LogP) is 3.92. The lowest BCUT2D eigenvalue weighted by Crippen LogP contribution is -2.42. The van der Waals surface area contributed by atoms with Gasteiger partial charge in [0.2, 0.25) is 0 Å². The first-order valence-corrected chi connectivity index (χ1v) is 8.63. The van der Waals surface area contributed by atoms with Gasteiger partial charge in [0.05, 0.1) is 11.3 Å². The Bertz CT molecular complexity index is 676. The summed E-state index contributed by atoms with van der Waals surface area (Å²) in [5, 5.41) is 6.60. The summed E-state index contributed by atoms with van der Waals surface area (Å²) >= 11 is 0. The number of para-hydroxylation sites is 2. The van der Waals surface area contributed by atoms with Crippen molar-refractivity contribution in [2.24, 2.45) is 5.92 Å². The van der Waals surface area contributed by atoms with E-state index in [9.17, 15) is 4.79 Å². The summed E-state index contributed by atoms with van der Waals surface area (Å²) in [6, 6.07) is 17.7. The van der Waals surface area contributed by atoms with Crippen LogP contribution in [0.25, 0.3) is 0 Å². The fourth-order valence-electron chi connectivity index (χ4n) is 3.33. The molecule has 0 aliphatic carbocycles. The monoisotopic (exact) mass is 359 g/mol. The zero-order valence-electron chi connectivity index (χ0n) is 14.6. The summed E-state index contributed by atoms with van der Waals surface area (Å²) < 4.78 is 0. The Labute approximate surface area is 156 Å². The van der Waals surface area contributed by atoms with Gasteiger partial charge in [0, 0.05) is 18.8 Å². The van der Waals surface area contributed by atoms with Crippen LogP contribution in [0.2, 0.25) is 0 Å². The Morgan fingerprint density at radius 2 is 1.84 bits per heavy atom. The van der Waals surface area contributed by atoms with Crippen molar-refractivity contribution < 1.29 is 4.79 Å². The second kappa shape index (κ2) is 9.44. The van der Waals surface area contributed by atoms with E-state index >= 15 is 0 Å². The van der Waals surface area contributed by atoms with Gasteiger partial charge in [0.25, 0.3) is 5.91 Å². The van der Waals surface area contributed by atoms with Crippen LogP contribution in [0.1, 0.15) is 23.2 Å². The third kappa shape index (κ3) is 4.97. The highest BCUT2D eigenvalue weighted by atomic mass is 35.5. The largest absolute Gasteiger partial charge is 0.355 e. The highest BCUT2D eigenvalue weighted by Gasteiger charge is 2.25. The first kappa shape index (κ1) is 19.3. The van der Waals surface area contributed by atoms with Crippen LogP contribution in [-0.4, -0.2) is 37.5 Å². The first-order valence-electron chi connectivity index (χ1n) is 8.63. The molecular weight excluding hydrogens is 334 g/mol. The second-order valence-corrected chi connectivity index (χ2v) is 6.35. The molecule has 1 aliphatic heterocycles. The molecule has 0 spiro atoms. The molecule has 1 saturated heterocycles. The molecule has 25 heavy (non-hydrogen) atoms. The van der Waals surface area contributed by atoms with Gasteiger partial charge in [-0.2, -0.15) is 0 Å². The van der Waals surface area contributed by atoms with Crippen molar-refractivity contribution in [2.45, 2.75) is 12.8 Å². The number of anilines is 2. The number of carbonyl (C=O) groups is 1. The van der Waals surface area contributed by atoms with Crippen molar-refractivity contribution in [3.8, 4) is 0 Å². The van der Waals surface area contributed by atoms with Crippen molar-refractivity contribution in [3.63, 3.8) is 0 Å². The molecule has 0 saturated carbocycles. The summed E-state index contributed by atoms with van der Waals surface area (Å²) in [6.45, 7) is 2.64. The van der Waals surface area contributed by atoms with Crippen molar-refractivity contribution in [3.05, 3.63) is 60.2 Å². The van der Waals surface area contributed by atoms with Crippen molar-refractivity contribution in [1.29, 1.82) is 0 Å². The summed E-state index contributed by atoms with van der Waals surface area (Å²) in [7, 11) is 1.97. The van der Waals surface area contributed by atoms with Crippen LogP contribution in [0.3, 0.4) is 0 Å². The lowest BCUT2D eigenvalue weighted by Gasteiger charge is -2.33. The topological polar surface area (TPSA) is 44.4 Å². The van der Waals surface area contributed by atoms with E-state index in [0.717, 1.165) is 43.0 Å². The van der Waals surface area contributed by atoms with E-state index in [2.05, 4.69) is 10.6 Å². The van der Waals surface area contributed by atoms with Gasteiger partial charge in [0.1, 0.15) is 0 Å². The van der Waals surface area contributed by atoms with Gasteiger partial charge in [-0.05, 0) is 56.6 Å². The average molecular weight is 360 g/mol. The maximum atomic E-state index is 13.0. The van der Waals surface area contributed by atoms with Crippen LogP contribution in [0.5, 0.6) is 0 Å². The maximum absolute atomic E-state index is 13.0. The minimum absolute atomic E-state index is 0. The number of carbonyl (C=O) groups excluding carboxylic acids is 1. The van der Waals surface area contributed by atoms with Crippen LogP contribution in [-0.2, 0) is 0 Å². The quantitative estimate of drug-likeness (QED) is 0.850. The summed E-state index contributed by atoms with van der Waals surface area (Å²) in [5.74, 6) is 0.664. The minimum Gasteiger partial charge on any atom is -0.355 e. The standard InChI is InChI=1S/C20H25N3O.ClH/c1-21-14-16-8-7-13-23(15-16)20(24)18-11-5-6-12-19(18)22-17-9-3-2-4-10-17;/h2-6,9-12,16,21-22H,7-8,13-15H2,1H3;1H. The number of piperidine rings is 1. The minimum atomic E-state index is 0. The Balaban J connectivity index is 0.00000225. The number of nitrogens with zero attached hydrogens (tertiary/aromatic N) is 1. The number of benzene rings is 2. The first-order chi connectivity index (χ1) is 11.8. The molecule has 1 aliphatic rings. The van der Waals surface area contributed by atoms with Gasteiger partial charge in [0.15, 0.2) is 0 Å². The lowest BCUT2D eigenvalue weighted by atomic mass is 9.97. The molecule has 1 heterocycles. The normalized spacial score (nSPS) is 16.8. The number of halogens is 1. The number of hydrogen-bond donors (Lipinski definition) is 2. The maximum Gasteiger partial charge on any atom is 0.255 e. The Kier molecular flexibility index (Phi) is 7.29. The average Bonchev–Trinajstić information content (AvgIpc) is 2.63. The van der Waals surface area contributed by atoms with Gasteiger partial charge in [-0.3, -0.25) is 4.79 Å². The van der Waals surface area contributed by atoms with E-state index in [1.807, 2.05) is 66.5 Å². The Morgan fingerprint density at radius 3 is 2.60 bits per heavy atom. The van der Waals surface area contributed by atoms with E-state index < -0.39 is 0 Å². The van der Waals surface area contributed by atoms with E-state index in [1.54, 1.807) is 0 Å². The molecule has 2 aromatic carbocycles. The van der Waals surface area contributed by atoms with E-state index in [0.29, 0.717) is 5.92 Å². The van der Waals surface area contributed by atoms with Gasteiger partial charge < -0.3 is 15.5 Å². The predicted molar refractivity (Wildman–Crippen MR) is 106 cm³/mol. The van der Waals surface area contributed by atoms with Crippen molar-refractivity contribution >= 4 is 29.7 Å². The SMILES string of the molecule is CNCC1CCCN(C(=O)c2ccccc2Nc2ccccc2)C1.Cl. The molecule has 1 fully saturated rings. The van der Waals surface area contributed by atoms with Crippen LogP contribution in [0, 0.1) is 5.92 Å². The number of hydrogen-bond acceptors (Lipinski definition) is 3. The van der Waals surface area contributed by atoms with Crippen LogP contribution in [0.15, 0.2) is 54.6 Å². The van der Waals surface area contributed by atoms with Crippen molar-refractivity contribution in [2.75, 3.05) is 32.0 Å². The molecular formula is C20H26ClN3O.